The molecule has 0 bridgehead atoms. The van der Waals surface area contributed by atoms with E-state index in [2.05, 4.69) is 22.4 Å². The van der Waals surface area contributed by atoms with Gasteiger partial charge in [0.25, 0.3) is 5.91 Å². The third-order valence-corrected chi connectivity index (χ3v) is 5.29. The molecule has 1 N–H and O–H groups in total. The van der Waals surface area contributed by atoms with E-state index >= 15 is 0 Å². The number of carbonyl (C=O) groups excluding carboxylic acids is 1. The topological polar surface area (TPSA) is 53.4 Å². The summed E-state index contributed by atoms with van der Waals surface area (Å²) in [6.45, 7) is 6.62. The molecule has 6 nitrogen and oxygen atoms in total. The molecular formula is C15H27Cl2N5O. The molecule has 3 rings (SSSR count). The summed E-state index contributed by atoms with van der Waals surface area (Å²) in [5.74, 6) is 0.131. The molecule has 1 aromatic heterocycles. The minimum Gasteiger partial charge on any atom is -0.335 e. The van der Waals surface area contributed by atoms with Crippen LogP contribution in [0.1, 0.15) is 28.9 Å². The molecule has 0 radical (unpaired) electrons. The molecule has 8 heteroatoms. The van der Waals surface area contributed by atoms with E-state index < -0.39 is 0 Å². The van der Waals surface area contributed by atoms with E-state index in [0.717, 1.165) is 56.8 Å². The van der Waals surface area contributed by atoms with Gasteiger partial charge in [0.05, 0.1) is 11.8 Å². The van der Waals surface area contributed by atoms with E-state index in [-0.39, 0.29) is 36.3 Å². The SMILES string of the molecule is Cc1c(C(=O)N2CCN(C)C3(CCNCC3)C2)cnn1C.Cl.Cl. The maximum atomic E-state index is 12.8. The van der Waals surface area contributed by atoms with Crippen LogP contribution < -0.4 is 5.32 Å². The Kier molecular flexibility index (Phi) is 6.89. The van der Waals surface area contributed by atoms with Crippen molar-refractivity contribution in [3.8, 4) is 0 Å². The predicted molar refractivity (Wildman–Crippen MR) is 95.8 cm³/mol. The van der Waals surface area contributed by atoms with Crippen LogP contribution in [-0.4, -0.2) is 70.8 Å². The lowest BCUT2D eigenvalue weighted by molar-refractivity contribution is -0.00102. The molecule has 2 aliphatic heterocycles. The minimum absolute atomic E-state index is 0. The second kappa shape index (κ2) is 7.83. The highest BCUT2D eigenvalue weighted by atomic mass is 35.5. The molecule has 1 amide bonds. The Balaban J connectivity index is 0.00000132. The Morgan fingerprint density at radius 2 is 1.87 bits per heavy atom. The van der Waals surface area contributed by atoms with Gasteiger partial charge in [-0.05, 0) is 39.9 Å². The van der Waals surface area contributed by atoms with Gasteiger partial charge < -0.3 is 10.2 Å². The largest absolute Gasteiger partial charge is 0.335 e. The highest BCUT2D eigenvalue weighted by Gasteiger charge is 2.42. The Morgan fingerprint density at radius 1 is 1.22 bits per heavy atom. The van der Waals surface area contributed by atoms with E-state index in [0.29, 0.717) is 0 Å². The summed E-state index contributed by atoms with van der Waals surface area (Å²) >= 11 is 0. The van der Waals surface area contributed by atoms with Crippen LogP contribution in [0.3, 0.4) is 0 Å². The van der Waals surface area contributed by atoms with Crippen molar-refractivity contribution in [2.24, 2.45) is 7.05 Å². The molecule has 23 heavy (non-hydrogen) atoms. The number of halogens is 2. The molecular weight excluding hydrogens is 337 g/mol. The van der Waals surface area contributed by atoms with Crippen LogP contribution in [0.5, 0.6) is 0 Å². The molecule has 0 unspecified atom stereocenters. The summed E-state index contributed by atoms with van der Waals surface area (Å²) in [6, 6.07) is 0. The standard InChI is InChI=1S/C15H25N5O.2ClH/c1-12-13(10-17-19(12)3)14(21)20-9-8-18(2)15(11-20)4-6-16-7-5-15;;/h10,16H,4-9,11H2,1-3H3;2*1H. The number of hydrogen-bond acceptors (Lipinski definition) is 4. The first-order valence-electron chi connectivity index (χ1n) is 7.73. The Morgan fingerprint density at radius 3 is 2.43 bits per heavy atom. The molecule has 132 valence electrons. The average molecular weight is 364 g/mol. The van der Waals surface area contributed by atoms with Crippen LogP contribution in [0.25, 0.3) is 0 Å². The number of hydrogen-bond donors (Lipinski definition) is 1. The Hall–Kier alpha value is -0.820. The van der Waals surface area contributed by atoms with Crippen LogP contribution in [0.2, 0.25) is 0 Å². The van der Waals surface area contributed by atoms with Crippen molar-refractivity contribution >= 4 is 30.7 Å². The molecule has 0 aromatic carbocycles. The first-order chi connectivity index (χ1) is 10.0. The minimum atomic E-state index is 0. The van der Waals surface area contributed by atoms with Crippen LogP contribution in [0.15, 0.2) is 6.20 Å². The third kappa shape index (κ3) is 3.65. The molecule has 1 spiro atoms. The maximum Gasteiger partial charge on any atom is 0.257 e. The summed E-state index contributed by atoms with van der Waals surface area (Å²) in [5, 5.41) is 7.62. The lowest BCUT2D eigenvalue weighted by atomic mass is 9.84. The highest BCUT2D eigenvalue weighted by Crippen LogP contribution is 2.30. The summed E-state index contributed by atoms with van der Waals surface area (Å²) in [5.41, 5.74) is 1.83. The van der Waals surface area contributed by atoms with Crippen molar-refractivity contribution in [2.75, 3.05) is 39.8 Å². The zero-order chi connectivity index (χ0) is 15.0. The van der Waals surface area contributed by atoms with E-state index in [1.165, 1.54) is 0 Å². The third-order valence-electron chi connectivity index (χ3n) is 5.29. The fourth-order valence-corrected chi connectivity index (χ4v) is 3.55. The number of rotatable bonds is 1. The summed E-state index contributed by atoms with van der Waals surface area (Å²) in [4.78, 5) is 17.3. The van der Waals surface area contributed by atoms with Gasteiger partial charge in [0.15, 0.2) is 0 Å². The zero-order valence-corrected chi connectivity index (χ0v) is 15.7. The smallest absolute Gasteiger partial charge is 0.257 e. The van der Waals surface area contributed by atoms with Gasteiger partial charge >= 0.3 is 0 Å². The molecule has 2 saturated heterocycles. The lowest BCUT2D eigenvalue weighted by Gasteiger charge is -2.51. The molecule has 1 aromatic rings. The summed E-state index contributed by atoms with van der Waals surface area (Å²) in [7, 11) is 4.08. The lowest BCUT2D eigenvalue weighted by Crippen LogP contribution is -2.64. The zero-order valence-electron chi connectivity index (χ0n) is 14.0. The van der Waals surface area contributed by atoms with E-state index in [1.54, 1.807) is 10.9 Å². The van der Waals surface area contributed by atoms with Gasteiger partial charge in [0.1, 0.15) is 0 Å². The van der Waals surface area contributed by atoms with E-state index in [4.69, 9.17) is 0 Å². The van der Waals surface area contributed by atoms with Gasteiger partial charge in [-0.1, -0.05) is 0 Å². The second-order valence-electron chi connectivity index (χ2n) is 6.39. The first-order valence-corrected chi connectivity index (χ1v) is 7.73. The van der Waals surface area contributed by atoms with Crippen molar-refractivity contribution in [2.45, 2.75) is 25.3 Å². The number of likely N-dealkylation sites (N-methyl/N-ethyl adjacent to an activating group) is 1. The number of nitrogens with one attached hydrogen (secondary N) is 1. The van der Waals surface area contributed by atoms with Crippen molar-refractivity contribution in [3.63, 3.8) is 0 Å². The normalized spacial score (nSPS) is 20.7. The van der Waals surface area contributed by atoms with Gasteiger partial charge in [0, 0.05) is 37.9 Å². The number of piperazine rings is 1. The van der Waals surface area contributed by atoms with Crippen molar-refractivity contribution < 1.29 is 4.79 Å². The van der Waals surface area contributed by atoms with Crippen molar-refractivity contribution in [3.05, 3.63) is 17.5 Å². The molecule has 0 atom stereocenters. The highest BCUT2D eigenvalue weighted by molar-refractivity contribution is 5.95. The molecule has 3 heterocycles. The van der Waals surface area contributed by atoms with E-state index in [1.807, 2.05) is 18.9 Å². The first kappa shape index (κ1) is 20.2. The van der Waals surface area contributed by atoms with Crippen LogP contribution in [-0.2, 0) is 7.05 Å². The fourth-order valence-electron chi connectivity index (χ4n) is 3.55. The molecule has 2 fully saturated rings. The van der Waals surface area contributed by atoms with Gasteiger partial charge in [-0.2, -0.15) is 5.10 Å². The molecule has 0 saturated carbocycles. The maximum absolute atomic E-state index is 12.8. The van der Waals surface area contributed by atoms with E-state index in [9.17, 15) is 4.79 Å². The Bertz CT molecular complexity index is 542. The average Bonchev–Trinajstić information content (AvgIpc) is 2.82. The second-order valence-corrected chi connectivity index (χ2v) is 6.39. The number of piperidine rings is 1. The van der Waals surface area contributed by atoms with Gasteiger partial charge in [0.2, 0.25) is 0 Å². The number of aromatic nitrogens is 2. The summed E-state index contributed by atoms with van der Waals surface area (Å²) < 4.78 is 1.77. The number of aryl methyl sites for hydroxylation is 1. The number of amides is 1. The molecule has 2 aliphatic rings. The quantitative estimate of drug-likeness (QED) is 0.811. The van der Waals surface area contributed by atoms with Crippen LogP contribution in [0, 0.1) is 6.92 Å². The monoisotopic (exact) mass is 363 g/mol. The predicted octanol–water partition coefficient (Wildman–Crippen LogP) is 1.08. The fraction of sp³-hybridized carbons (Fsp3) is 0.733. The number of nitrogens with zero attached hydrogens (tertiary/aromatic N) is 4. The summed E-state index contributed by atoms with van der Waals surface area (Å²) in [6.07, 6.45) is 3.92. The van der Waals surface area contributed by atoms with Gasteiger partial charge in [-0.15, -0.1) is 24.8 Å². The van der Waals surface area contributed by atoms with Crippen molar-refractivity contribution in [1.29, 1.82) is 0 Å². The van der Waals surface area contributed by atoms with Gasteiger partial charge in [-0.25, -0.2) is 0 Å². The van der Waals surface area contributed by atoms with Crippen LogP contribution in [0.4, 0.5) is 0 Å². The number of carbonyl (C=O) groups is 1. The molecule has 0 aliphatic carbocycles. The van der Waals surface area contributed by atoms with Gasteiger partial charge in [-0.3, -0.25) is 14.4 Å². The van der Waals surface area contributed by atoms with Crippen LogP contribution >= 0.6 is 24.8 Å². The van der Waals surface area contributed by atoms with Crippen molar-refractivity contribution in [1.82, 2.24) is 24.9 Å². The Labute approximate surface area is 150 Å².